The van der Waals surface area contributed by atoms with Crippen LogP contribution < -0.4 is 16.0 Å². The molecule has 0 bridgehead atoms. The SMILES string of the molecule is CNC(=O)c1cccc(NC(=O)NCC2CC=CCC2)c1C. The van der Waals surface area contributed by atoms with Gasteiger partial charge in [-0.15, -0.1) is 0 Å². The maximum atomic E-state index is 12.0. The van der Waals surface area contributed by atoms with Crippen molar-refractivity contribution >= 4 is 17.6 Å². The Labute approximate surface area is 131 Å². The summed E-state index contributed by atoms with van der Waals surface area (Å²) < 4.78 is 0. The van der Waals surface area contributed by atoms with Gasteiger partial charge in [0.05, 0.1) is 0 Å². The van der Waals surface area contributed by atoms with Gasteiger partial charge in [0.2, 0.25) is 0 Å². The zero-order chi connectivity index (χ0) is 15.9. The van der Waals surface area contributed by atoms with Crippen LogP contribution in [0.15, 0.2) is 30.4 Å². The predicted molar refractivity (Wildman–Crippen MR) is 88.1 cm³/mol. The third kappa shape index (κ3) is 4.10. The minimum absolute atomic E-state index is 0.157. The van der Waals surface area contributed by atoms with E-state index in [-0.39, 0.29) is 11.9 Å². The van der Waals surface area contributed by atoms with Gasteiger partial charge in [0, 0.05) is 24.8 Å². The van der Waals surface area contributed by atoms with Crippen molar-refractivity contribution in [1.29, 1.82) is 0 Å². The highest BCUT2D eigenvalue weighted by Crippen LogP contribution is 2.19. The highest BCUT2D eigenvalue weighted by molar-refractivity contribution is 5.98. The molecule has 118 valence electrons. The van der Waals surface area contributed by atoms with Gasteiger partial charge in [-0.3, -0.25) is 4.79 Å². The van der Waals surface area contributed by atoms with E-state index >= 15 is 0 Å². The van der Waals surface area contributed by atoms with Crippen molar-refractivity contribution in [2.45, 2.75) is 26.2 Å². The number of benzene rings is 1. The summed E-state index contributed by atoms with van der Waals surface area (Å²) in [7, 11) is 1.59. The Balaban J connectivity index is 1.93. The quantitative estimate of drug-likeness (QED) is 0.748. The second-order valence-corrected chi connectivity index (χ2v) is 5.54. The monoisotopic (exact) mass is 301 g/mol. The molecule has 0 heterocycles. The number of hydrogen-bond donors (Lipinski definition) is 3. The van der Waals surface area contributed by atoms with Crippen molar-refractivity contribution in [2.24, 2.45) is 5.92 Å². The lowest BCUT2D eigenvalue weighted by Crippen LogP contribution is -2.33. The van der Waals surface area contributed by atoms with Gasteiger partial charge in [0.1, 0.15) is 0 Å². The maximum absolute atomic E-state index is 12.0. The van der Waals surface area contributed by atoms with Gasteiger partial charge in [-0.1, -0.05) is 18.2 Å². The molecule has 0 aliphatic heterocycles. The summed E-state index contributed by atoms with van der Waals surface area (Å²) >= 11 is 0. The molecule has 0 saturated carbocycles. The van der Waals surface area contributed by atoms with E-state index in [9.17, 15) is 9.59 Å². The summed E-state index contributed by atoms with van der Waals surface area (Å²) in [5.74, 6) is 0.351. The van der Waals surface area contributed by atoms with Crippen molar-refractivity contribution in [1.82, 2.24) is 10.6 Å². The van der Waals surface area contributed by atoms with Gasteiger partial charge < -0.3 is 16.0 Å². The smallest absolute Gasteiger partial charge is 0.319 e. The van der Waals surface area contributed by atoms with E-state index in [1.807, 2.05) is 6.92 Å². The number of allylic oxidation sites excluding steroid dienone is 2. The van der Waals surface area contributed by atoms with E-state index < -0.39 is 0 Å². The van der Waals surface area contributed by atoms with Gasteiger partial charge in [-0.05, 0) is 49.8 Å². The fraction of sp³-hybridized carbons (Fsp3) is 0.412. The van der Waals surface area contributed by atoms with Crippen LogP contribution >= 0.6 is 0 Å². The highest BCUT2D eigenvalue weighted by atomic mass is 16.2. The Bertz CT molecular complexity index is 581. The van der Waals surface area contributed by atoms with E-state index in [0.717, 1.165) is 24.8 Å². The van der Waals surface area contributed by atoms with E-state index in [0.29, 0.717) is 23.7 Å². The first-order valence-electron chi connectivity index (χ1n) is 7.63. The average molecular weight is 301 g/mol. The number of anilines is 1. The minimum atomic E-state index is -0.230. The first-order valence-corrected chi connectivity index (χ1v) is 7.63. The molecule has 0 aromatic heterocycles. The number of rotatable bonds is 4. The fourth-order valence-electron chi connectivity index (χ4n) is 2.60. The molecule has 1 unspecified atom stereocenters. The summed E-state index contributed by atoms with van der Waals surface area (Å²) in [6.07, 6.45) is 7.57. The van der Waals surface area contributed by atoms with Crippen LogP contribution in [0.5, 0.6) is 0 Å². The molecule has 5 heteroatoms. The minimum Gasteiger partial charge on any atom is -0.355 e. The van der Waals surface area contributed by atoms with Crippen LogP contribution in [-0.2, 0) is 0 Å². The number of nitrogens with one attached hydrogen (secondary N) is 3. The van der Waals surface area contributed by atoms with Crippen LogP contribution in [0.25, 0.3) is 0 Å². The Morgan fingerprint density at radius 1 is 1.27 bits per heavy atom. The first kappa shape index (κ1) is 16.1. The lowest BCUT2D eigenvalue weighted by atomic mass is 9.94. The molecule has 1 aromatic rings. The van der Waals surface area contributed by atoms with Gasteiger partial charge in [-0.2, -0.15) is 0 Å². The van der Waals surface area contributed by atoms with Crippen molar-refractivity contribution in [2.75, 3.05) is 18.9 Å². The standard InChI is InChI=1S/C17H23N3O2/c1-12-14(16(21)18-2)9-6-10-15(12)20-17(22)19-11-13-7-4-3-5-8-13/h3-4,6,9-10,13H,5,7-8,11H2,1-2H3,(H,18,21)(H2,19,20,22). The summed E-state index contributed by atoms with van der Waals surface area (Å²) in [6, 6.07) is 5.07. The Kier molecular flexibility index (Phi) is 5.58. The van der Waals surface area contributed by atoms with Crippen molar-refractivity contribution in [3.05, 3.63) is 41.5 Å². The average Bonchev–Trinajstić information content (AvgIpc) is 2.55. The molecular weight excluding hydrogens is 278 g/mol. The molecule has 0 spiro atoms. The van der Waals surface area contributed by atoms with Crippen molar-refractivity contribution < 1.29 is 9.59 Å². The second-order valence-electron chi connectivity index (χ2n) is 5.54. The van der Waals surface area contributed by atoms with E-state index in [4.69, 9.17) is 0 Å². The molecule has 1 aliphatic rings. The normalized spacial score (nSPS) is 16.9. The van der Waals surface area contributed by atoms with Crippen molar-refractivity contribution in [3.8, 4) is 0 Å². The number of carbonyl (C=O) groups excluding carboxylic acids is 2. The van der Waals surface area contributed by atoms with Crippen LogP contribution in [0.3, 0.4) is 0 Å². The number of urea groups is 1. The fourth-order valence-corrected chi connectivity index (χ4v) is 2.60. The van der Waals surface area contributed by atoms with Gasteiger partial charge >= 0.3 is 6.03 Å². The number of carbonyl (C=O) groups is 2. The van der Waals surface area contributed by atoms with Crippen LogP contribution in [-0.4, -0.2) is 25.5 Å². The third-order valence-corrected chi connectivity index (χ3v) is 3.98. The lowest BCUT2D eigenvalue weighted by Gasteiger charge is -2.18. The van der Waals surface area contributed by atoms with Crippen LogP contribution in [0.4, 0.5) is 10.5 Å². The van der Waals surface area contributed by atoms with Crippen molar-refractivity contribution in [3.63, 3.8) is 0 Å². The number of hydrogen-bond acceptors (Lipinski definition) is 2. The van der Waals surface area contributed by atoms with Crippen LogP contribution in [0, 0.1) is 12.8 Å². The molecule has 0 fully saturated rings. The topological polar surface area (TPSA) is 70.2 Å². The molecule has 2 rings (SSSR count). The predicted octanol–water partition coefficient (Wildman–Crippen LogP) is 2.83. The van der Waals surface area contributed by atoms with E-state index in [1.165, 1.54) is 0 Å². The summed E-state index contributed by atoms with van der Waals surface area (Å²) in [5, 5.41) is 8.32. The van der Waals surface area contributed by atoms with Crippen LogP contribution in [0.1, 0.15) is 35.2 Å². The third-order valence-electron chi connectivity index (χ3n) is 3.98. The molecular formula is C17H23N3O2. The first-order chi connectivity index (χ1) is 10.6. The molecule has 5 nitrogen and oxygen atoms in total. The van der Waals surface area contributed by atoms with Gasteiger partial charge in [-0.25, -0.2) is 4.79 Å². The van der Waals surface area contributed by atoms with Crippen LogP contribution in [0.2, 0.25) is 0 Å². The summed E-state index contributed by atoms with van der Waals surface area (Å²) in [5.41, 5.74) is 1.98. The zero-order valence-corrected chi connectivity index (χ0v) is 13.1. The molecule has 1 atom stereocenters. The Morgan fingerprint density at radius 2 is 2.09 bits per heavy atom. The largest absolute Gasteiger partial charge is 0.355 e. The van der Waals surface area contributed by atoms with E-state index in [1.54, 1.807) is 25.2 Å². The lowest BCUT2D eigenvalue weighted by molar-refractivity contribution is 0.0962. The highest BCUT2D eigenvalue weighted by Gasteiger charge is 2.14. The molecule has 1 aromatic carbocycles. The zero-order valence-electron chi connectivity index (χ0n) is 13.1. The van der Waals surface area contributed by atoms with Gasteiger partial charge in [0.15, 0.2) is 0 Å². The van der Waals surface area contributed by atoms with E-state index in [2.05, 4.69) is 28.1 Å². The van der Waals surface area contributed by atoms with Gasteiger partial charge in [0.25, 0.3) is 5.91 Å². The Hall–Kier alpha value is -2.30. The molecule has 0 radical (unpaired) electrons. The summed E-state index contributed by atoms with van der Waals surface area (Å²) in [4.78, 5) is 23.8. The summed E-state index contributed by atoms with van der Waals surface area (Å²) in [6.45, 7) is 2.50. The molecule has 3 amide bonds. The second kappa shape index (κ2) is 7.64. The molecule has 0 saturated heterocycles. The molecule has 3 N–H and O–H groups in total. The molecule has 1 aliphatic carbocycles. The number of amides is 3. The molecule has 22 heavy (non-hydrogen) atoms. The maximum Gasteiger partial charge on any atom is 0.319 e. The Morgan fingerprint density at radius 3 is 2.77 bits per heavy atom.